The van der Waals surface area contributed by atoms with Gasteiger partial charge in [0.1, 0.15) is 17.2 Å². The van der Waals surface area contributed by atoms with Crippen LogP contribution in [0.25, 0.3) is 6.08 Å². The maximum absolute atomic E-state index is 14.1. The Labute approximate surface area is 148 Å². The molecular formula is C17H14FN3O3S. The Morgan fingerprint density at radius 3 is 2.56 bits per heavy atom. The van der Waals surface area contributed by atoms with E-state index in [0.717, 1.165) is 4.90 Å². The summed E-state index contributed by atoms with van der Waals surface area (Å²) in [6, 6.07) is 9.02. The SMILES string of the molecule is CN(C)c1ccc(/C=C2\C(=O)NC(=S)N(c3ccccc3F)C2=O)o1. The summed E-state index contributed by atoms with van der Waals surface area (Å²) in [7, 11) is 3.60. The van der Waals surface area contributed by atoms with Crippen molar-refractivity contribution in [2.24, 2.45) is 0 Å². The highest BCUT2D eigenvalue weighted by Gasteiger charge is 2.35. The topological polar surface area (TPSA) is 65.8 Å². The average Bonchev–Trinajstić information content (AvgIpc) is 3.02. The molecule has 6 nitrogen and oxygen atoms in total. The summed E-state index contributed by atoms with van der Waals surface area (Å²) >= 11 is 5.03. The molecule has 0 bridgehead atoms. The lowest BCUT2D eigenvalue weighted by Gasteiger charge is -2.28. The monoisotopic (exact) mass is 359 g/mol. The molecule has 1 aromatic carbocycles. The standard InChI is InChI=1S/C17H14FN3O3S/c1-20(2)14-8-7-10(24-14)9-11-15(22)19-17(25)21(16(11)23)13-6-4-3-5-12(13)18/h3-9H,1-2H3,(H,19,22,25)/b11-9+. The molecule has 1 N–H and O–H groups in total. The van der Waals surface area contributed by atoms with Gasteiger partial charge in [0.15, 0.2) is 11.0 Å². The third-order valence-electron chi connectivity index (χ3n) is 3.54. The van der Waals surface area contributed by atoms with Crippen LogP contribution in [0.5, 0.6) is 0 Å². The first-order chi connectivity index (χ1) is 11.9. The lowest BCUT2D eigenvalue weighted by atomic mass is 10.1. The molecule has 0 saturated carbocycles. The maximum atomic E-state index is 14.1. The number of nitrogens with one attached hydrogen (secondary N) is 1. The van der Waals surface area contributed by atoms with Gasteiger partial charge in [-0.05, 0) is 36.5 Å². The number of carbonyl (C=O) groups excluding carboxylic acids is 2. The maximum Gasteiger partial charge on any atom is 0.270 e. The van der Waals surface area contributed by atoms with E-state index >= 15 is 0 Å². The van der Waals surface area contributed by atoms with Gasteiger partial charge in [0, 0.05) is 20.2 Å². The van der Waals surface area contributed by atoms with Crippen molar-refractivity contribution in [3.05, 3.63) is 53.5 Å². The first-order valence-corrected chi connectivity index (χ1v) is 7.72. The predicted octanol–water partition coefficient (Wildman–Crippen LogP) is 2.32. The molecular weight excluding hydrogens is 345 g/mol. The molecule has 0 radical (unpaired) electrons. The van der Waals surface area contributed by atoms with E-state index in [1.807, 2.05) is 0 Å². The second-order valence-electron chi connectivity index (χ2n) is 5.48. The normalized spacial score (nSPS) is 16.4. The Kier molecular flexibility index (Phi) is 4.37. The van der Waals surface area contributed by atoms with Crippen molar-refractivity contribution in [3.63, 3.8) is 0 Å². The van der Waals surface area contributed by atoms with E-state index < -0.39 is 17.6 Å². The number of benzene rings is 1. The summed E-state index contributed by atoms with van der Waals surface area (Å²) in [6.07, 6.45) is 1.31. The first-order valence-electron chi connectivity index (χ1n) is 7.31. The van der Waals surface area contributed by atoms with E-state index in [1.54, 1.807) is 37.2 Å². The summed E-state index contributed by atoms with van der Waals surface area (Å²) in [5.74, 6) is -1.12. The largest absolute Gasteiger partial charge is 0.441 e. The Morgan fingerprint density at radius 1 is 1.20 bits per heavy atom. The minimum absolute atomic E-state index is 0.0307. The number of hydrogen-bond acceptors (Lipinski definition) is 5. The van der Waals surface area contributed by atoms with Crippen LogP contribution in [0.4, 0.5) is 16.0 Å². The zero-order valence-corrected chi connectivity index (χ0v) is 14.3. The number of hydrogen-bond donors (Lipinski definition) is 1. The Hall–Kier alpha value is -3.00. The molecule has 25 heavy (non-hydrogen) atoms. The molecule has 1 aliphatic heterocycles. The van der Waals surface area contributed by atoms with E-state index in [2.05, 4.69) is 5.32 Å². The zero-order valence-electron chi connectivity index (χ0n) is 13.4. The van der Waals surface area contributed by atoms with Crippen molar-refractivity contribution in [2.45, 2.75) is 0 Å². The van der Waals surface area contributed by atoms with Crippen LogP contribution in [0.2, 0.25) is 0 Å². The first kappa shape index (κ1) is 16.8. The van der Waals surface area contributed by atoms with Crippen LogP contribution < -0.4 is 15.1 Å². The van der Waals surface area contributed by atoms with E-state index in [1.165, 1.54) is 24.3 Å². The summed E-state index contributed by atoms with van der Waals surface area (Å²) in [4.78, 5) is 27.6. The molecule has 1 fully saturated rings. The molecule has 8 heteroatoms. The van der Waals surface area contributed by atoms with Gasteiger partial charge in [0.05, 0.1) is 5.69 Å². The number of thiocarbonyl (C=S) groups is 1. The summed E-state index contributed by atoms with van der Waals surface area (Å²) in [5.41, 5.74) is -0.228. The molecule has 2 aromatic rings. The van der Waals surface area contributed by atoms with Crippen molar-refractivity contribution in [1.29, 1.82) is 0 Å². The molecule has 1 aliphatic rings. The van der Waals surface area contributed by atoms with Crippen molar-refractivity contribution >= 4 is 46.8 Å². The molecule has 2 amide bonds. The zero-order chi connectivity index (χ0) is 18.1. The van der Waals surface area contributed by atoms with Crippen LogP contribution >= 0.6 is 12.2 Å². The molecule has 1 saturated heterocycles. The van der Waals surface area contributed by atoms with Crippen molar-refractivity contribution in [2.75, 3.05) is 23.9 Å². The van der Waals surface area contributed by atoms with Crippen LogP contribution in [0.1, 0.15) is 5.76 Å². The van der Waals surface area contributed by atoms with Crippen LogP contribution in [0, 0.1) is 5.82 Å². The van der Waals surface area contributed by atoms with Gasteiger partial charge < -0.3 is 9.32 Å². The van der Waals surface area contributed by atoms with Crippen molar-refractivity contribution in [3.8, 4) is 0 Å². The van der Waals surface area contributed by atoms with Crippen molar-refractivity contribution in [1.82, 2.24) is 5.32 Å². The highest BCUT2D eigenvalue weighted by atomic mass is 32.1. The second kappa shape index (κ2) is 6.48. The van der Waals surface area contributed by atoms with Crippen LogP contribution in [0.3, 0.4) is 0 Å². The number of para-hydroxylation sites is 1. The molecule has 0 aliphatic carbocycles. The quantitative estimate of drug-likeness (QED) is 0.518. The number of carbonyl (C=O) groups is 2. The number of rotatable bonds is 3. The smallest absolute Gasteiger partial charge is 0.270 e. The number of anilines is 2. The van der Waals surface area contributed by atoms with Gasteiger partial charge in [0.25, 0.3) is 11.8 Å². The van der Waals surface area contributed by atoms with Gasteiger partial charge in [-0.15, -0.1) is 0 Å². The fourth-order valence-corrected chi connectivity index (χ4v) is 2.59. The van der Waals surface area contributed by atoms with Gasteiger partial charge >= 0.3 is 0 Å². The van der Waals surface area contributed by atoms with Crippen LogP contribution in [-0.2, 0) is 9.59 Å². The molecule has 128 valence electrons. The van der Waals surface area contributed by atoms with Gasteiger partial charge in [0.2, 0.25) is 0 Å². The van der Waals surface area contributed by atoms with E-state index in [0.29, 0.717) is 11.6 Å². The molecule has 3 rings (SSSR count). The molecule has 2 heterocycles. The number of halogens is 1. The van der Waals surface area contributed by atoms with Crippen molar-refractivity contribution < 1.29 is 18.4 Å². The van der Waals surface area contributed by atoms with E-state index in [-0.39, 0.29) is 16.4 Å². The fourth-order valence-electron chi connectivity index (χ4n) is 2.31. The number of furan rings is 1. The predicted molar refractivity (Wildman–Crippen MR) is 95.6 cm³/mol. The highest BCUT2D eigenvalue weighted by molar-refractivity contribution is 7.80. The average molecular weight is 359 g/mol. The summed E-state index contributed by atoms with van der Waals surface area (Å²) in [5, 5.41) is 2.22. The van der Waals surface area contributed by atoms with E-state index in [9.17, 15) is 14.0 Å². The summed E-state index contributed by atoms with van der Waals surface area (Å²) < 4.78 is 19.6. The molecule has 0 spiro atoms. The third-order valence-corrected chi connectivity index (χ3v) is 3.82. The fraction of sp³-hybridized carbons (Fsp3) is 0.118. The molecule has 0 atom stereocenters. The lowest BCUT2D eigenvalue weighted by Crippen LogP contribution is -2.54. The van der Waals surface area contributed by atoms with Crippen LogP contribution in [0.15, 0.2) is 46.4 Å². The Bertz CT molecular complexity index is 904. The minimum Gasteiger partial charge on any atom is -0.441 e. The van der Waals surface area contributed by atoms with Gasteiger partial charge in [-0.25, -0.2) is 9.29 Å². The lowest BCUT2D eigenvalue weighted by molar-refractivity contribution is -0.122. The van der Waals surface area contributed by atoms with Crippen LogP contribution in [-0.4, -0.2) is 31.0 Å². The Morgan fingerprint density at radius 2 is 1.92 bits per heavy atom. The Balaban J connectivity index is 2.00. The summed E-state index contributed by atoms with van der Waals surface area (Å²) in [6.45, 7) is 0. The highest BCUT2D eigenvalue weighted by Crippen LogP contribution is 2.25. The van der Waals surface area contributed by atoms with E-state index in [4.69, 9.17) is 16.6 Å². The number of amides is 2. The second-order valence-corrected chi connectivity index (χ2v) is 5.87. The van der Waals surface area contributed by atoms with Gasteiger partial charge in [-0.1, -0.05) is 12.1 Å². The molecule has 0 unspecified atom stereocenters. The van der Waals surface area contributed by atoms with Gasteiger partial charge in [-0.2, -0.15) is 0 Å². The third kappa shape index (κ3) is 3.16. The molecule has 1 aromatic heterocycles. The number of nitrogens with zero attached hydrogens (tertiary/aromatic N) is 2. The minimum atomic E-state index is -0.721. The van der Waals surface area contributed by atoms with Gasteiger partial charge in [-0.3, -0.25) is 14.9 Å².